The van der Waals surface area contributed by atoms with Gasteiger partial charge in [0.15, 0.2) is 0 Å². The molecule has 8 amide bonds. The van der Waals surface area contributed by atoms with Crippen LogP contribution in [0.1, 0.15) is 155 Å². The number of nitrogens with zero attached hydrogens (tertiary/aromatic N) is 9. The topological polar surface area (TPSA) is 399 Å². The zero-order chi connectivity index (χ0) is 90.2. The van der Waals surface area contributed by atoms with Gasteiger partial charge in [0.25, 0.3) is 0 Å². The number of aliphatic hydroxyl groups excluding tert-OH is 1. The normalized spacial score (nSPS) is 24.7. The number of aromatic nitrogens is 4. The molecule has 0 radical (unpaired) electrons. The second kappa shape index (κ2) is 40.6. The predicted molar refractivity (Wildman–Crippen MR) is 452 cm³/mol. The van der Waals surface area contributed by atoms with Crippen molar-refractivity contribution < 1.29 is 101 Å². The molecule has 14 rings (SSSR count). The number of carbonyl (C=O) groups is 12. The molecule has 12 atom stereocenters. The Balaban J connectivity index is 0.000000174. The minimum atomic E-state index is -1.20. The molecule has 8 heterocycles. The number of nitrogens with one attached hydrogen (secondary N) is 4. The number of ether oxygens (including phenoxy) is 8. The molecule has 670 valence electrons. The highest BCUT2D eigenvalue weighted by Crippen LogP contribution is 2.48. The second-order valence-electron chi connectivity index (χ2n) is 34.8. The van der Waals surface area contributed by atoms with Gasteiger partial charge in [-0.15, -0.1) is 19.7 Å². The second-order valence-corrected chi connectivity index (χ2v) is 34.8. The lowest BCUT2D eigenvalue weighted by molar-refractivity contribution is -0.150. The Bertz CT molecular complexity index is 4460. The van der Waals surface area contributed by atoms with E-state index in [1.807, 2.05) is 36.4 Å². The Hall–Kier alpha value is -11.9. The van der Waals surface area contributed by atoms with Crippen LogP contribution in [0.2, 0.25) is 0 Å². The van der Waals surface area contributed by atoms with Crippen molar-refractivity contribution in [2.75, 3.05) is 59.1 Å². The van der Waals surface area contributed by atoms with E-state index >= 15 is 0 Å². The number of benzene rings is 3. The minimum absolute atomic E-state index is 0.000457. The number of carbonyl (C=O) groups excluding carboxylic acids is 12. The summed E-state index contributed by atoms with van der Waals surface area (Å²) in [6, 6.07) is 21.5. The average molecular weight is 1720 g/mol. The van der Waals surface area contributed by atoms with Crippen molar-refractivity contribution in [3.05, 3.63) is 182 Å². The third kappa shape index (κ3) is 23.9. The number of fused-ring (bicyclic) bond motifs is 3. The highest BCUT2D eigenvalue weighted by molar-refractivity contribution is 5.97. The molecule has 0 bridgehead atoms. The van der Waals surface area contributed by atoms with Gasteiger partial charge < -0.3 is 74.1 Å². The Morgan fingerprint density at radius 2 is 0.798 bits per heavy atom. The van der Waals surface area contributed by atoms with Crippen LogP contribution < -0.4 is 21.3 Å². The molecule has 3 saturated heterocycles. The number of imidazole rings is 2. The first-order chi connectivity index (χ1) is 58.8. The molecular weight excluding hydrogens is 1600 g/mol. The summed E-state index contributed by atoms with van der Waals surface area (Å²) >= 11 is 0. The zero-order valence-electron chi connectivity index (χ0n) is 72.9. The monoisotopic (exact) mass is 1720 g/mol. The van der Waals surface area contributed by atoms with E-state index in [0.717, 1.165) is 37.1 Å². The Kier molecular flexibility index (Phi) is 30.9. The lowest BCUT2D eigenvalue weighted by Gasteiger charge is -2.29. The maximum Gasteiger partial charge on any atom is 0.411 e. The summed E-state index contributed by atoms with van der Waals surface area (Å²) in [5.74, 6) is -3.90. The maximum atomic E-state index is 13.5. The smallest absolute Gasteiger partial charge is 0.411 e. The molecule has 6 aliphatic heterocycles. The van der Waals surface area contributed by atoms with E-state index in [1.165, 1.54) is 65.2 Å². The standard InChI is InChI=1S/2C28H37N3O7.C18H28N2O6.C9H11N.C7H6N4O/c2*1-6-20-15-28(20,24(33)36-7-2)29-23(32)22-14-21(17-31(22)26(35)38-27(3,4)5)37-25(34)30-13-12-18-10-8-9-11-19(18)16-30;1-6-11-9-18(11,15(23)25-7-2)19-14(22)13-8-12(21)10-20(13)16(24)26-17(3,4)5;1-2-4-9-7-10-6-5-8(9)3-1;12-7(10-3-1-8-5-10)11-4-2-9-6-11/h2*6,8-11,20-22H,1,7,12-17H2,2-5H3,(H,29,32);6,11-13,21H,1,7-10H2,2-5H3,(H,19,22);1-4,10H,5-7H2;1-6H/t20-,21+,22-,28-;20-,21-,22+,28-;11-,12+,13-,18-;;/m010../s1. The third-order valence-corrected chi connectivity index (χ3v) is 22.2. The number of hydrogen-bond acceptors (Lipinski definition) is 24. The van der Waals surface area contributed by atoms with Crippen LogP contribution in [-0.4, -0.2) is 250 Å². The summed E-state index contributed by atoms with van der Waals surface area (Å²) in [6.45, 7) is 36.5. The Labute approximate surface area is 723 Å². The van der Waals surface area contributed by atoms with Crippen molar-refractivity contribution in [1.82, 2.24) is 64.9 Å². The lowest BCUT2D eigenvalue weighted by Crippen LogP contribution is -2.53. The number of rotatable bonds is 17. The number of esters is 3. The molecule has 3 aliphatic carbocycles. The Morgan fingerprint density at radius 1 is 0.468 bits per heavy atom. The van der Waals surface area contributed by atoms with Crippen LogP contribution in [0.5, 0.6) is 0 Å². The molecule has 2 aromatic heterocycles. The lowest BCUT2D eigenvalue weighted by atomic mass is 10.0. The molecule has 124 heavy (non-hydrogen) atoms. The van der Waals surface area contributed by atoms with E-state index in [1.54, 1.807) is 136 Å². The fourth-order valence-electron chi connectivity index (χ4n) is 15.6. The van der Waals surface area contributed by atoms with E-state index in [2.05, 4.69) is 87.4 Å². The summed E-state index contributed by atoms with van der Waals surface area (Å²) < 4.78 is 46.1. The van der Waals surface area contributed by atoms with Crippen molar-refractivity contribution >= 4 is 72.1 Å². The van der Waals surface area contributed by atoms with Crippen molar-refractivity contribution in [1.29, 1.82) is 0 Å². The van der Waals surface area contributed by atoms with Gasteiger partial charge in [0, 0.05) is 94.5 Å². The number of β-amino-alcohol motifs (C(OH)–C–C–N with tert-alkyl or cyclic N) is 1. The highest BCUT2D eigenvalue weighted by Gasteiger charge is 2.65. The van der Waals surface area contributed by atoms with E-state index in [9.17, 15) is 62.6 Å². The van der Waals surface area contributed by atoms with Gasteiger partial charge in [0.1, 0.15) is 76.4 Å². The van der Waals surface area contributed by atoms with Gasteiger partial charge in [0.05, 0.1) is 45.6 Å². The summed E-state index contributed by atoms with van der Waals surface area (Å²) in [7, 11) is 0. The van der Waals surface area contributed by atoms with Crippen LogP contribution in [-0.2, 0) is 106 Å². The molecular formula is C90H119N13O21. The molecule has 5 aromatic rings. The van der Waals surface area contributed by atoms with Gasteiger partial charge in [-0.2, -0.15) is 0 Å². The summed E-state index contributed by atoms with van der Waals surface area (Å²) in [5.41, 5.74) is 1.70. The Morgan fingerprint density at radius 3 is 1.11 bits per heavy atom. The number of hydrogen-bond donors (Lipinski definition) is 5. The summed E-state index contributed by atoms with van der Waals surface area (Å²) in [4.78, 5) is 168. The van der Waals surface area contributed by atoms with Gasteiger partial charge in [-0.3, -0.25) is 38.2 Å². The number of amides is 8. The fraction of sp³-hybridized carbons (Fsp3) is 0.533. The molecule has 3 saturated carbocycles. The van der Waals surface area contributed by atoms with Gasteiger partial charge in [-0.25, -0.2) is 53.1 Å². The van der Waals surface area contributed by atoms with Crippen LogP contribution in [0.4, 0.5) is 28.8 Å². The SMILES string of the molecule is C=C[C@@H]1C[C@]1(NC(=O)[C@@H]1C[C@@H](OC(=O)N2CCc3ccccc3C2)CN1C(=O)OC(C)(C)C)C(=O)OCC.C=C[C@H]1C[C@@]1(NC(=O)[C@@H]1C[C@@H](O)CN1C(=O)OC(C)(C)C)C(=O)OCC.C=C[C@H]1C[C@@]1(NC(=O)[C@@H]1C[C@@H](OC(=O)N2CCc3ccccc3C2)CN1C(=O)OC(C)(C)C)C(=O)OCC.O=C(n1ccnc1)n1ccnc1.c1ccc2c(c1)CCNC2. The molecule has 34 nitrogen and oxygen atoms in total. The molecule has 6 fully saturated rings. The minimum Gasteiger partial charge on any atom is -0.464 e. The van der Waals surface area contributed by atoms with Crippen molar-refractivity contribution in [2.24, 2.45) is 17.8 Å². The third-order valence-electron chi connectivity index (χ3n) is 22.2. The zero-order valence-corrected chi connectivity index (χ0v) is 72.9. The maximum absolute atomic E-state index is 13.5. The molecule has 9 aliphatic rings. The summed E-state index contributed by atoms with van der Waals surface area (Å²) in [5, 5.41) is 21.6. The van der Waals surface area contributed by atoms with Crippen LogP contribution in [0.15, 0.2) is 148 Å². The first-order valence-corrected chi connectivity index (χ1v) is 42.2. The van der Waals surface area contributed by atoms with Crippen LogP contribution in [0.25, 0.3) is 0 Å². The van der Waals surface area contributed by atoms with Gasteiger partial charge in [0.2, 0.25) is 17.7 Å². The molecule has 0 spiro atoms. The molecule has 0 unspecified atom stereocenters. The van der Waals surface area contributed by atoms with E-state index in [-0.39, 0.29) is 82.5 Å². The molecule has 5 N–H and O–H groups in total. The number of aliphatic hydroxyl groups is 1. The van der Waals surface area contributed by atoms with Crippen LogP contribution >= 0.6 is 0 Å². The number of likely N-dealkylation sites (tertiary alicyclic amines) is 3. The van der Waals surface area contributed by atoms with Crippen LogP contribution in [0, 0.1) is 17.8 Å². The van der Waals surface area contributed by atoms with E-state index in [4.69, 9.17) is 37.9 Å². The molecule has 3 aromatic carbocycles. The first-order valence-electron chi connectivity index (χ1n) is 42.2. The van der Waals surface area contributed by atoms with Crippen molar-refractivity contribution in [3.8, 4) is 0 Å². The fourth-order valence-corrected chi connectivity index (χ4v) is 15.6. The van der Waals surface area contributed by atoms with E-state index < -0.39 is 136 Å². The average Bonchev–Trinajstić information content (AvgIpc) is 1.59. The van der Waals surface area contributed by atoms with Gasteiger partial charge >= 0.3 is 54.4 Å². The van der Waals surface area contributed by atoms with Crippen molar-refractivity contribution in [3.63, 3.8) is 0 Å². The highest BCUT2D eigenvalue weighted by atomic mass is 16.6. The largest absolute Gasteiger partial charge is 0.464 e. The van der Waals surface area contributed by atoms with Crippen molar-refractivity contribution in [2.45, 2.75) is 230 Å². The van der Waals surface area contributed by atoms with Crippen LogP contribution in [0.3, 0.4) is 0 Å². The van der Waals surface area contributed by atoms with Gasteiger partial charge in [-0.05, 0) is 162 Å². The quantitative estimate of drug-likeness (QED) is 0.0329. The molecule has 34 heteroatoms. The van der Waals surface area contributed by atoms with Gasteiger partial charge in [-0.1, -0.05) is 91.0 Å². The van der Waals surface area contributed by atoms with E-state index in [0.29, 0.717) is 45.4 Å². The first kappa shape index (κ1) is 94.3. The summed E-state index contributed by atoms with van der Waals surface area (Å²) in [6.07, 6.45) is 12.7. The predicted octanol–water partition coefficient (Wildman–Crippen LogP) is 9.28.